The van der Waals surface area contributed by atoms with Gasteiger partial charge in [-0.25, -0.2) is 0 Å². The lowest BCUT2D eigenvalue weighted by molar-refractivity contribution is -0.409. The Morgan fingerprint density at radius 2 is 1.48 bits per heavy atom. The summed E-state index contributed by atoms with van der Waals surface area (Å²) in [6.45, 7) is 21.7. The third kappa shape index (κ3) is 7.88. The molecule has 2 spiro atoms. The van der Waals surface area contributed by atoms with Crippen molar-refractivity contribution in [2.45, 2.75) is 199 Å². The van der Waals surface area contributed by atoms with Crippen LogP contribution in [0.5, 0.6) is 0 Å². The number of carboxylic acids is 1. The smallest absolute Gasteiger partial charge is 0.309 e. The lowest BCUT2D eigenvalue weighted by Gasteiger charge is -2.54. The fraction of sp³-hybridized carbons (Fsp3) is 0.907. The van der Waals surface area contributed by atoms with Gasteiger partial charge in [0.15, 0.2) is 5.79 Å². The zero-order valence-corrected chi connectivity index (χ0v) is 34.8. The van der Waals surface area contributed by atoms with Crippen LogP contribution in [0.1, 0.15) is 134 Å². The number of hydrogen-bond acceptors (Lipinski definition) is 10. The van der Waals surface area contributed by atoms with Gasteiger partial charge in [0, 0.05) is 30.1 Å². The molecule has 0 aromatic carbocycles. The van der Waals surface area contributed by atoms with E-state index in [1.165, 1.54) is 0 Å². The Bertz CT molecular complexity index is 1360. The van der Waals surface area contributed by atoms with Gasteiger partial charge in [0.05, 0.1) is 53.7 Å². The van der Waals surface area contributed by atoms with Gasteiger partial charge in [-0.3, -0.25) is 9.59 Å². The molecule has 19 atom stereocenters. The fourth-order valence-corrected chi connectivity index (χ4v) is 10.9. The predicted octanol–water partition coefficient (Wildman–Crippen LogP) is 6.43. The van der Waals surface area contributed by atoms with E-state index >= 15 is 0 Å². The predicted molar refractivity (Wildman–Crippen MR) is 203 cm³/mol. The van der Waals surface area contributed by atoms with Crippen molar-refractivity contribution in [1.82, 2.24) is 0 Å². The molecule has 310 valence electrons. The third-order valence-electron chi connectivity index (χ3n) is 14.8. The minimum absolute atomic E-state index is 0.0104. The molecule has 0 aromatic heterocycles. The van der Waals surface area contributed by atoms with Crippen LogP contribution in [-0.2, 0) is 33.3 Å². The number of aliphatic hydroxyl groups excluding tert-OH is 2. The van der Waals surface area contributed by atoms with E-state index < -0.39 is 76.8 Å². The van der Waals surface area contributed by atoms with E-state index in [0.717, 1.165) is 6.42 Å². The van der Waals surface area contributed by atoms with Crippen molar-refractivity contribution >= 4 is 11.8 Å². The van der Waals surface area contributed by atoms with Crippen LogP contribution in [0.3, 0.4) is 0 Å². The van der Waals surface area contributed by atoms with E-state index in [0.29, 0.717) is 51.4 Å². The van der Waals surface area contributed by atoms with Crippen molar-refractivity contribution in [3.63, 3.8) is 0 Å². The van der Waals surface area contributed by atoms with Crippen LogP contribution in [0.15, 0.2) is 12.2 Å². The summed E-state index contributed by atoms with van der Waals surface area (Å²) in [4.78, 5) is 26.6. The van der Waals surface area contributed by atoms with Crippen molar-refractivity contribution in [2.75, 3.05) is 0 Å². The average molecular weight is 765 g/mol. The molecule has 0 aromatic rings. The van der Waals surface area contributed by atoms with Crippen molar-refractivity contribution < 1.29 is 53.7 Å². The molecule has 5 rings (SSSR count). The topological polar surface area (TPSA) is 161 Å². The standard InChI is InChI=1S/C43H72O11/c1-12-30(35(46)27(8)34(45)28(9)36-23(4)21-24(5)37(51-36)31(13-2)39(47)48)38-25(6)22-26(7)42(52-38)18-15-32(44)43(54-42)20-19-40(11,53-43)33-16-17-41(49,14-3)29(10)50-33/h15,18,23-34,36-38,44-45,49H,12-14,16-17,19-22H2,1-11H3,(H,47,48)/t23-,24+,25+,26+,27-,28-,29+,30+,31+,32+,33+,34-,36-,37+,38+,40-,41+,42-,43-/m1/s1. The Hall–Kier alpha value is -1.44. The van der Waals surface area contributed by atoms with Crippen LogP contribution in [0, 0.1) is 47.3 Å². The van der Waals surface area contributed by atoms with Gasteiger partial charge < -0.3 is 44.1 Å². The third-order valence-corrected chi connectivity index (χ3v) is 14.8. The highest BCUT2D eigenvalue weighted by Gasteiger charge is 2.63. The number of aliphatic carboxylic acids is 1. The van der Waals surface area contributed by atoms with E-state index in [9.17, 15) is 30.0 Å². The first kappa shape index (κ1) is 43.7. The normalized spacial score (nSPS) is 46.9. The summed E-state index contributed by atoms with van der Waals surface area (Å²) in [5.41, 5.74) is -1.63. The molecule has 5 aliphatic heterocycles. The summed E-state index contributed by atoms with van der Waals surface area (Å²) < 4.78 is 33.6. The molecule has 0 unspecified atom stereocenters. The molecule has 4 N–H and O–H groups in total. The Morgan fingerprint density at radius 3 is 2.07 bits per heavy atom. The van der Waals surface area contributed by atoms with E-state index in [4.69, 9.17) is 23.7 Å². The van der Waals surface area contributed by atoms with Crippen molar-refractivity contribution in [3.8, 4) is 0 Å². The van der Waals surface area contributed by atoms with Gasteiger partial charge in [-0.05, 0) is 95.1 Å². The summed E-state index contributed by atoms with van der Waals surface area (Å²) in [5, 5.41) is 44.2. The van der Waals surface area contributed by atoms with Gasteiger partial charge in [-0.2, -0.15) is 0 Å². The van der Waals surface area contributed by atoms with Crippen molar-refractivity contribution in [3.05, 3.63) is 12.2 Å². The number of carbonyl (C=O) groups is 2. The molecule has 4 fully saturated rings. The van der Waals surface area contributed by atoms with Crippen molar-refractivity contribution in [2.24, 2.45) is 47.3 Å². The molecule has 5 heterocycles. The lowest BCUT2D eigenvalue weighted by atomic mass is 9.72. The largest absolute Gasteiger partial charge is 0.481 e. The zero-order chi connectivity index (χ0) is 40.1. The Labute approximate surface area is 323 Å². The van der Waals surface area contributed by atoms with Crippen LogP contribution in [0.25, 0.3) is 0 Å². The maximum absolute atomic E-state index is 14.5. The minimum Gasteiger partial charge on any atom is -0.481 e. The number of rotatable bonds is 12. The van der Waals surface area contributed by atoms with E-state index in [1.807, 2.05) is 48.5 Å². The molecule has 54 heavy (non-hydrogen) atoms. The number of Topliss-reactive ketones (excluding diaryl/α,β-unsaturated/α-hetero) is 1. The molecule has 0 radical (unpaired) electrons. The number of hydrogen-bond donors (Lipinski definition) is 4. The first-order chi connectivity index (χ1) is 25.2. The van der Waals surface area contributed by atoms with Gasteiger partial charge in [0.25, 0.3) is 0 Å². The van der Waals surface area contributed by atoms with Gasteiger partial charge >= 0.3 is 5.97 Å². The number of ketones is 1. The van der Waals surface area contributed by atoms with Crippen LogP contribution in [0.2, 0.25) is 0 Å². The van der Waals surface area contributed by atoms with E-state index in [2.05, 4.69) is 20.8 Å². The lowest BCUT2D eigenvalue weighted by Crippen LogP contribution is -2.63. The van der Waals surface area contributed by atoms with Gasteiger partial charge in [0.2, 0.25) is 5.79 Å². The zero-order valence-electron chi connectivity index (χ0n) is 34.8. The monoisotopic (exact) mass is 765 g/mol. The fourth-order valence-electron chi connectivity index (χ4n) is 10.9. The number of carboxylic acid groups (broad SMARTS) is 1. The highest BCUT2D eigenvalue weighted by molar-refractivity contribution is 5.84. The summed E-state index contributed by atoms with van der Waals surface area (Å²) in [6.07, 6.45) is 4.75. The molecule has 4 saturated heterocycles. The number of carbonyl (C=O) groups excluding carboxylic acids is 1. The van der Waals surface area contributed by atoms with E-state index in [-0.39, 0.29) is 47.8 Å². The summed E-state index contributed by atoms with van der Waals surface area (Å²) >= 11 is 0. The summed E-state index contributed by atoms with van der Waals surface area (Å²) in [7, 11) is 0. The number of ether oxygens (including phenoxy) is 5. The van der Waals surface area contributed by atoms with Crippen LogP contribution in [0.4, 0.5) is 0 Å². The Kier molecular flexibility index (Phi) is 13.3. The highest BCUT2D eigenvalue weighted by Crippen LogP contribution is 2.54. The Balaban J connectivity index is 1.32. The first-order valence-electron chi connectivity index (χ1n) is 21.1. The SMILES string of the molecule is CC[C@H](C(=O)O)[C@H]1O[C@@H]([C@H](C)[C@H](O)[C@@H](C)C(=O)[C@H](CC)[C@H]2O[C@@]3(C=C[C@H](O)[C@@]4(CC[C@](C)([C@@H]5CC[C@@](O)(CC)[C@H](C)O5)O4)O3)[C@@H](C)C[C@@H]2C)[C@H](C)C[C@@H]1C. The van der Waals surface area contributed by atoms with Crippen LogP contribution < -0.4 is 0 Å². The quantitative estimate of drug-likeness (QED) is 0.162. The number of aliphatic hydroxyl groups is 3. The Morgan fingerprint density at radius 1 is 0.852 bits per heavy atom. The maximum atomic E-state index is 14.5. The van der Waals surface area contributed by atoms with Crippen LogP contribution >= 0.6 is 0 Å². The minimum atomic E-state index is -1.37. The molecule has 11 heteroatoms. The highest BCUT2D eigenvalue weighted by atomic mass is 16.8. The first-order valence-corrected chi connectivity index (χ1v) is 21.1. The van der Waals surface area contributed by atoms with E-state index in [1.54, 1.807) is 19.1 Å². The van der Waals surface area contributed by atoms with Crippen molar-refractivity contribution in [1.29, 1.82) is 0 Å². The maximum Gasteiger partial charge on any atom is 0.309 e. The van der Waals surface area contributed by atoms with Gasteiger partial charge in [-0.1, -0.05) is 62.3 Å². The second kappa shape index (κ2) is 16.4. The summed E-state index contributed by atoms with van der Waals surface area (Å²) in [5.74, 6) is -5.80. The molecule has 11 nitrogen and oxygen atoms in total. The average Bonchev–Trinajstić information content (AvgIpc) is 3.47. The summed E-state index contributed by atoms with van der Waals surface area (Å²) in [6, 6.07) is 0. The second-order valence-corrected chi connectivity index (χ2v) is 18.5. The molecule has 0 bridgehead atoms. The second-order valence-electron chi connectivity index (χ2n) is 18.5. The van der Waals surface area contributed by atoms with Gasteiger partial charge in [-0.15, -0.1) is 0 Å². The molecular weight excluding hydrogens is 692 g/mol. The molecule has 0 aliphatic carbocycles. The van der Waals surface area contributed by atoms with Gasteiger partial charge in [0.1, 0.15) is 11.9 Å². The molecule has 5 aliphatic rings. The van der Waals surface area contributed by atoms with Crippen LogP contribution in [-0.4, -0.2) is 97.7 Å². The molecule has 0 saturated carbocycles. The molecule has 0 amide bonds. The molecular formula is C43H72O11.